The van der Waals surface area contributed by atoms with Crippen LogP contribution in [0.25, 0.3) is 0 Å². The molecule has 17 heavy (non-hydrogen) atoms. The van der Waals surface area contributed by atoms with E-state index in [1.165, 1.54) is 0 Å². The zero-order chi connectivity index (χ0) is 11.9. The van der Waals surface area contributed by atoms with Gasteiger partial charge in [-0.15, -0.1) is 0 Å². The molecule has 0 fully saturated rings. The van der Waals surface area contributed by atoms with Crippen molar-refractivity contribution < 1.29 is 4.74 Å². The van der Waals surface area contributed by atoms with Crippen molar-refractivity contribution in [2.24, 2.45) is 0 Å². The molecule has 0 aromatic heterocycles. The molecule has 0 N–H and O–H groups in total. The Labute approximate surface area is 101 Å². The highest BCUT2D eigenvalue weighted by Gasteiger charge is 1.98. The van der Waals surface area contributed by atoms with Gasteiger partial charge in [0.05, 0.1) is 6.07 Å². The Balaban J connectivity index is 2.09. The molecule has 0 amide bonds. The van der Waals surface area contributed by atoms with Crippen LogP contribution in [0, 0.1) is 11.3 Å². The van der Waals surface area contributed by atoms with Crippen molar-refractivity contribution in [2.45, 2.75) is 12.8 Å². The van der Waals surface area contributed by atoms with Gasteiger partial charge >= 0.3 is 0 Å². The highest BCUT2D eigenvalue weighted by Crippen LogP contribution is 2.22. The van der Waals surface area contributed by atoms with Crippen molar-refractivity contribution in [3.05, 3.63) is 60.2 Å². The summed E-state index contributed by atoms with van der Waals surface area (Å²) in [6.07, 6.45) is 1.30. The molecular formula is C15H13NO. The van der Waals surface area contributed by atoms with E-state index in [1.807, 2.05) is 54.6 Å². The maximum Gasteiger partial charge on any atom is 0.127 e. The SMILES string of the molecule is N#CCCc1cccc(Oc2ccccc2)c1. The summed E-state index contributed by atoms with van der Waals surface area (Å²) in [4.78, 5) is 0. The van der Waals surface area contributed by atoms with Crippen molar-refractivity contribution in [3.8, 4) is 17.6 Å². The van der Waals surface area contributed by atoms with Crippen molar-refractivity contribution in [3.63, 3.8) is 0 Å². The van der Waals surface area contributed by atoms with Gasteiger partial charge in [0.15, 0.2) is 0 Å². The normalized spacial score (nSPS) is 9.59. The average molecular weight is 223 g/mol. The van der Waals surface area contributed by atoms with Gasteiger partial charge in [-0.2, -0.15) is 5.26 Å². The predicted octanol–water partition coefficient (Wildman–Crippen LogP) is 3.94. The average Bonchev–Trinajstić information content (AvgIpc) is 2.38. The summed E-state index contributed by atoms with van der Waals surface area (Å²) in [5, 5.41) is 8.55. The Kier molecular flexibility index (Phi) is 3.77. The monoisotopic (exact) mass is 223 g/mol. The van der Waals surface area contributed by atoms with Crippen LogP contribution in [0.3, 0.4) is 0 Å². The van der Waals surface area contributed by atoms with Crippen molar-refractivity contribution in [2.75, 3.05) is 0 Å². The number of benzene rings is 2. The van der Waals surface area contributed by atoms with Gasteiger partial charge in [0, 0.05) is 6.42 Å². The van der Waals surface area contributed by atoms with E-state index < -0.39 is 0 Å². The van der Waals surface area contributed by atoms with Crippen molar-refractivity contribution >= 4 is 0 Å². The number of aryl methyl sites for hydroxylation is 1. The molecule has 0 unspecified atom stereocenters. The molecule has 0 aliphatic heterocycles. The van der Waals surface area contributed by atoms with Crippen molar-refractivity contribution in [1.82, 2.24) is 0 Å². The fourth-order valence-corrected chi connectivity index (χ4v) is 1.59. The third kappa shape index (κ3) is 3.35. The number of rotatable bonds is 4. The molecule has 2 aromatic rings. The van der Waals surface area contributed by atoms with Gasteiger partial charge in [-0.25, -0.2) is 0 Å². The van der Waals surface area contributed by atoms with E-state index in [0.29, 0.717) is 6.42 Å². The van der Waals surface area contributed by atoms with E-state index in [0.717, 1.165) is 23.5 Å². The van der Waals surface area contributed by atoms with Crippen LogP contribution in [0.2, 0.25) is 0 Å². The zero-order valence-electron chi connectivity index (χ0n) is 9.47. The van der Waals surface area contributed by atoms with Crippen LogP contribution in [0.1, 0.15) is 12.0 Å². The van der Waals surface area contributed by atoms with Crippen molar-refractivity contribution in [1.29, 1.82) is 5.26 Å². The lowest BCUT2D eigenvalue weighted by Gasteiger charge is -2.06. The lowest BCUT2D eigenvalue weighted by Crippen LogP contribution is -1.87. The molecule has 2 nitrogen and oxygen atoms in total. The third-order valence-corrected chi connectivity index (χ3v) is 2.40. The van der Waals surface area contributed by atoms with Crippen LogP contribution < -0.4 is 4.74 Å². The number of ether oxygens (including phenoxy) is 1. The van der Waals surface area contributed by atoms with Crippen LogP contribution in [0.5, 0.6) is 11.5 Å². The largest absolute Gasteiger partial charge is 0.457 e. The van der Waals surface area contributed by atoms with Gasteiger partial charge in [0.1, 0.15) is 11.5 Å². The van der Waals surface area contributed by atoms with Crippen LogP contribution >= 0.6 is 0 Å². The lowest BCUT2D eigenvalue weighted by molar-refractivity contribution is 0.482. The third-order valence-electron chi connectivity index (χ3n) is 2.40. The van der Waals surface area contributed by atoms with Crippen LogP contribution in [0.15, 0.2) is 54.6 Å². The van der Waals surface area contributed by atoms with E-state index in [2.05, 4.69) is 6.07 Å². The quantitative estimate of drug-likeness (QED) is 0.786. The highest BCUT2D eigenvalue weighted by molar-refractivity contribution is 5.34. The van der Waals surface area contributed by atoms with E-state index in [-0.39, 0.29) is 0 Å². The first-order chi connectivity index (χ1) is 8.38. The standard InChI is InChI=1S/C15H13NO/c16-11-5-7-13-6-4-10-15(12-13)17-14-8-2-1-3-9-14/h1-4,6,8-10,12H,5,7H2. The summed E-state index contributed by atoms with van der Waals surface area (Å²) in [7, 11) is 0. The minimum absolute atomic E-state index is 0.536. The molecule has 0 saturated carbocycles. The molecule has 2 rings (SSSR count). The first-order valence-electron chi connectivity index (χ1n) is 5.57. The Morgan fingerprint density at radius 3 is 2.47 bits per heavy atom. The lowest BCUT2D eigenvalue weighted by atomic mass is 10.1. The minimum atomic E-state index is 0.536. The summed E-state index contributed by atoms with van der Waals surface area (Å²) in [6, 6.07) is 19.7. The molecule has 2 aromatic carbocycles. The second-order valence-electron chi connectivity index (χ2n) is 3.72. The molecule has 0 aliphatic rings. The molecule has 0 saturated heterocycles. The number of hydrogen-bond acceptors (Lipinski definition) is 2. The minimum Gasteiger partial charge on any atom is -0.457 e. The summed E-state index contributed by atoms with van der Waals surface area (Å²) < 4.78 is 5.72. The highest BCUT2D eigenvalue weighted by atomic mass is 16.5. The first kappa shape index (κ1) is 11.2. The van der Waals surface area contributed by atoms with Gasteiger partial charge in [-0.3, -0.25) is 0 Å². The number of para-hydroxylation sites is 1. The molecule has 0 heterocycles. The number of nitrogens with zero attached hydrogens (tertiary/aromatic N) is 1. The molecular weight excluding hydrogens is 210 g/mol. The van der Waals surface area contributed by atoms with E-state index in [1.54, 1.807) is 0 Å². The smallest absolute Gasteiger partial charge is 0.127 e. The van der Waals surface area contributed by atoms with E-state index in [9.17, 15) is 0 Å². The second kappa shape index (κ2) is 5.72. The first-order valence-corrected chi connectivity index (χ1v) is 5.57. The molecule has 0 radical (unpaired) electrons. The Hall–Kier alpha value is -2.27. The van der Waals surface area contributed by atoms with Gasteiger partial charge in [-0.1, -0.05) is 30.3 Å². The Morgan fingerprint density at radius 1 is 0.941 bits per heavy atom. The summed E-state index contributed by atoms with van der Waals surface area (Å²) >= 11 is 0. The van der Waals surface area contributed by atoms with Gasteiger partial charge in [0.2, 0.25) is 0 Å². The molecule has 0 atom stereocenters. The fourth-order valence-electron chi connectivity index (χ4n) is 1.59. The van der Waals surface area contributed by atoms with E-state index >= 15 is 0 Å². The molecule has 0 spiro atoms. The van der Waals surface area contributed by atoms with E-state index in [4.69, 9.17) is 10.00 Å². The van der Waals surface area contributed by atoms with Crippen LogP contribution in [-0.4, -0.2) is 0 Å². The predicted molar refractivity (Wildman–Crippen MR) is 66.9 cm³/mol. The topological polar surface area (TPSA) is 33.0 Å². The summed E-state index contributed by atoms with van der Waals surface area (Å²) in [6.45, 7) is 0. The fraction of sp³-hybridized carbons (Fsp3) is 0.133. The number of hydrogen-bond donors (Lipinski definition) is 0. The molecule has 0 aliphatic carbocycles. The maximum atomic E-state index is 8.55. The van der Waals surface area contributed by atoms with Gasteiger partial charge < -0.3 is 4.74 Å². The Bertz CT molecular complexity index is 514. The van der Waals surface area contributed by atoms with Crippen LogP contribution in [-0.2, 0) is 6.42 Å². The maximum absolute atomic E-state index is 8.55. The van der Waals surface area contributed by atoms with Crippen LogP contribution in [0.4, 0.5) is 0 Å². The van der Waals surface area contributed by atoms with Gasteiger partial charge in [-0.05, 0) is 36.2 Å². The molecule has 84 valence electrons. The summed E-state index contributed by atoms with van der Waals surface area (Å²) in [5.74, 6) is 1.64. The summed E-state index contributed by atoms with van der Waals surface area (Å²) in [5.41, 5.74) is 1.12. The molecule has 0 bridgehead atoms. The van der Waals surface area contributed by atoms with Gasteiger partial charge in [0.25, 0.3) is 0 Å². The second-order valence-corrected chi connectivity index (χ2v) is 3.72. The molecule has 2 heteroatoms. The Morgan fingerprint density at radius 2 is 1.71 bits per heavy atom. The zero-order valence-corrected chi connectivity index (χ0v) is 9.47. The number of nitriles is 1.